The van der Waals surface area contributed by atoms with Crippen molar-refractivity contribution >= 4 is 11.4 Å². The van der Waals surface area contributed by atoms with Crippen LogP contribution in [0.1, 0.15) is 25.3 Å². The number of nitrogens with two attached hydrogens (primary N) is 1. The van der Waals surface area contributed by atoms with Crippen molar-refractivity contribution in [3.05, 3.63) is 23.8 Å². The molecule has 1 fully saturated rings. The first-order valence-electron chi connectivity index (χ1n) is 5.91. The predicted molar refractivity (Wildman–Crippen MR) is 67.7 cm³/mol. The van der Waals surface area contributed by atoms with Crippen LogP contribution in [0.3, 0.4) is 0 Å². The van der Waals surface area contributed by atoms with Crippen molar-refractivity contribution in [1.82, 2.24) is 0 Å². The number of nitrogens with one attached hydrogen (secondary N) is 1. The molecule has 2 unspecified atom stereocenters. The Kier molecular flexibility index (Phi) is 3.34. The molecule has 3 N–H and O–H groups in total. The first-order chi connectivity index (χ1) is 7.68. The number of benzene rings is 1. The van der Waals surface area contributed by atoms with Crippen LogP contribution in [-0.2, 0) is 4.74 Å². The van der Waals surface area contributed by atoms with Gasteiger partial charge in [0.15, 0.2) is 0 Å². The van der Waals surface area contributed by atoms with E-state index in [2.05, 4.69) is 12.2 Å². The van der Waals surface area contributed by atoms with Crippen molar-refractivity contribution in [3.8, 4) is 0 Å². The molecule has 0 aliphatic carbocycles. The lowest BCUT2D eigenvalue weighted by molar-refractivity contribution is 0.0997. The highest BCUT2D eigenvalue weighted by Crippen LogP contribution is 2.25. The van der Waals surface area contributed by atoms with E-state index in [-0.39, 0.29) is 0 Å². The molecule has 1 saturated heterocycles. The summed E-state index contributed by atoms with van der Waals surface area (Å²) < 4.78 is 5.65. The van der Waals surface area contributed by atoms with E-state index >= 15 is 0 Å². The monoisotopic (exact) mass is 220 g/mol. The minimum Gasteiger partial charge on any atom is -0.397 e. The van der Waals surface area contributed by atoms with Crippen LogP contribution in [-0.4, -0.2) is 18.8 Å². The van der Waals surface area contributed by atoms with Gasteiger partial charge in [-0.25, -0.2) is 0 Å². The zero-order valence-electron chi connectivity index (χ0n) is 9.99. The van der Waals surface area contributed by atoms with Crippen molar-refractivity contribution in [2.45, 2.75) is 38.8 Å². The number of rotatable bonds is 3. The standard InChI is InChI=1S/C13H20N2O/c1-9-5-3-6-11(13(9)14)15-10(2)12-7-4-8-16-12/h3,5-6,10,12,15H,4,7-8,14H2,1-2H3. The highest BCUT2D eigenvalue weighted by molar-refractivity contribution is 5.69. The summed E-state index contributed by atoms with van der Waals surface area (Å²) in [7, 11) is 0. The van der Waals surface area contributed by atoms with Gasteiger partial charge in [0.25, 0.3) is 0 Å². The van der Waals surface area contributed by atoms with Gasteiger partial charge in [-0.2, -0.15) is 0 Å². The third kappa shape index (κ3) is 2.30. The van der Waals surface area contributed by atoms with Gasteiger partial charge in [-0.05, 0) is 38.3 Å². The maximum Gasteiger partial charge on any atom is 0.0774 e. The molecule has 88 valence electrons. The van der Waals surface area contributed by atoms with E-state index in [1.165, 1.54) is 6.42 Å². The Labute approximate surface area is 97.0 Å². The minimum atomic E-state index is 0.312. The topological polar surface area (TPSA) is 47.3 Å². The van der Waals surface area contributed by atoms with Crippen LogP contribution in [0.2, 0.25) is 0 Å². The number of hydrogen-bond acceptors (Lipinski definition) is 3. The Hall–Kier alpha value is -1.22. The van der Waals surface area contributed by atoms with Crippen LogP contribution >= 0.6 is 0 Å². The van der Waals surface area contributed by atoms with Gasteiger partial charge in [-0.1, -0.05) is 12.1 Å². The van der Waals surface area contributed by atoms with Gasteiger partial charge in [-0.15, -0.1) is 0 Å². The number of anilines is 2. The normalized spacial score (nSPS) is 22.0. The summed E-state index contributed by atoms with van der Waals surface area (Å²) in [4.78, 5) is 0. The van der Waals surface area contributed by atoms with Crippen LogP contribution in [0, 0.1) is 6.92 Å². The van der Waals surface area contributed by atoms with Crippen LogP contribution in [0.5, 0.6) is 0 Å². The second kappa shape index (κ2) is 4.74. The molecule has 0 radical (unpaired) electrons. The third-order valence-electron chi connectivity index (χ3n) is 3.23. The highest BCUT2D eigenvalue weighted by Gasteiger charge is 2.22. The number of aryl methyl sites for hydroxylation is 1. The molecule has 1 aliphatic heterocycles. The minimum absolute atomic E-state index is 0.312. The third-order valence-corrected chi connectivity index (χ3v) is 3.23. The molecule has 3 nitrogen and oxygen atoms in total. The molecule has 1 heterocycles. The lowest BCUT2D eigenvalue weighted by atomic mass is 10.1. The Morgan fingerprint density at radius 1 is 1.50 bits per heavy atom. The van der Waals surface area contributed by atoms with E-state index in [0.29, 0.717) is 12.1 Å². The van der Waals surface area contributed by atoms with Gasteiger partial charge in [0, 0.05) is 12.6 Å². The molecule has 2 rings (SSSR count). The Bertz CT molecular complexity index is 359. The zero-order valence-corrected chi connectivity index (χ0v) is 9.99. The summed E-state index contributed by atoms with van der Waals surface area (Å²) in [6.07, 6.45) is 2.62. The molecule has 0 bridgehead atoms. The smallest absolute Gasteiger partial charge is 0.0774 e. The van der Waals surface area contributed by atoms with E-state index in [9.17, 15) is 0 Å². The average Bonchev–Trinajstić information content (AvgIpc) is 2.78. The second-order valence-corrected chi connectivity index (χ2v) is 4.52. The molecule has 0 spiro atoms. The predicted octanol–water partition coefficient (Wildman–Crippen LogP) is 2.56. The van der Waals surface area contributed by atoms with E-state index in [0.717, 1.165) is 30.0 Å². The molecule has 0 saturated carbocycles. The number of nitrogen functional groups attached to an aromatic ring is 1. The van der Waals surface area contributed by atoms with E-state index in [1.54, 1.807) is 0 Å². The maximum absolute atomic E-state index is 6.03. The molecule has 3 heteroatoms. The van der Waals surface area contributed by atoms with E-state index in [4.69, 9.17) is 10.5 Å². The molecular formula is C13H20N2O. The fourth-order valence-electron chi connectivity index (χ4n) is 2.14. The molecular weight excluding hydrogens is 200 g/mol. The number of ether oxygens (including phenoxy) is 1. The van der Waals surface area contributed by atoms with Gasteiger partial charge < -0.3 is 15.8 Å². The van der Waals surface area contributed by atoms with Crippen molar-refractivity contribution in [2.75, 3.05) is 17.7 Å². The molecule has 2 atom stereocenters. The van der Waals surface area contributed by atoms with Crippen molar-refractivity contribution in [3.63, 3.8) is 0 Å². The number of para-hydroxylation sites is 1. The Morgan fingerprint density at radius 3 is 3.00 bits per heavy atom. The molecule has 0 aromatic heterocycles. The fraction of sp³-hybridized carbons (Fsp3) is 0.538. The van der Waals surface area contributed by atoms with Gasteiger partial charge in [-0.3, -0.25) is 0 Å². The average molecular weight is 220 g/mol. The number of hydrogen-bond donors (Lipinski definition) is 2. The van der Waals surface area contributed by atoms with Gasteiger partial charge in [0.2, 0.25) is 0 Å². The summed E-state index contributed by atoms with van der Waals surface area (Å²) in [6, 6.07) is 6.38. The van der Waals surface area contributed by atoms with E-state index < -0.39 is 0 Å². The lowest BCUT2D eigenvalue weighted by Gasteiger charge is -2.22. The summed E-state index contributed by atoms with van der Waals surface area (Å²) in [5.74, 6) is 0. The van der Waals surface area contributed by atoms with Crippen LogP contribution in [0.15, 0.2) is 18.2 Å². The maximum atomic E-state index is 6.03. The SMILES string of the molecule is Cc1cccc(NC(C)C2CCCO2)c1N. The molecule has 1 aromatic rings. The first-order valence-corrected chi connectivity index (χ1v) is 5.91. The largest absolute Gasteiger partial charge is 0.397 e. The Balaban J connectivity index is 2.05. The van der Waals surface area contributed by atoms with Crippen molar-refractivity contribution < 1.29 is 4.74 Å². The Morgan fingerprint density at radius 2 is 2.31 bits per heavy atom. The summed E-state index contributed by atoms with van der Waals surface area (Å²) >= 11 is 0. The van der Waals surface area contributed by atoms with Gasteiger partial charge >= 0.3 is 0 Å². The molecule has 16 heavy (non-hydrogen) atoms. The van der Waals surface area contributed by atoms with Gasteiger partial charge in [0.1, 0.15) is 0 Å². The first kappa shape index (κ1) is 11.3. The van der Waals surface area contributed by atoms with Crippen LogP contribution < -0.4 is 11.1 Å². The van der Waals surface area contributed by atoms with Gasteiger partial charge in [0.05, 0.1) is 17.5 Å². The second-order valence-electron chi connectivity index (χ2n) is 4.52. The van der Waals surface area contributed by atoms with E-state index in [1.807, 2.05) is 25.1 Å². The molecule has 1 aliphatic rings. The van der Waals surface area contributed by atoms with Crippen molar-refractivity contribution in [2.24, 2.45) is 0 Å². The quantitative estimate of drug-likeness (QED) is 0.770. The lowest BCUT2D eigenvalue weighted by Crippen LogP contribution is -2.30. The van der Waals surface area contributed by atoms with Crippen molar-refractivity contribution in [1.29, 1.82) is 0 Å². The highest BCUT2D eigenvalue weighted by atomic mass is 16.5. The summed E-state index contributed by atoms with van der Waals surface area (Å²) in [5.41, 5.74) is 9.00. The van der Waals surface area contributed by atoms with Crippen LogP contribution in [0.4, 0.5) is 11.4 Å². The molecule has 0 amide bonds. The fourth-order valence-corrected chi connectivity index (χ4v) is 2.14. The zero-order chi connectivity index (χ0) is 11.5. The molecule has 1 aromatic carbocycles. The summed E-state index contributed by atoms with van der Waals surface area (Å²) in [6.45, 7) is 5.06. The van der Waals surface area contributed by atoms with Crippen LogP contribution in [0.25, 0.3) is 0 Å². The summed E-state index contributed by atoms with van der Waals surface area (Å²) in [5, 5.41) is 3.44.